The largest absolute Gasteiger partial charge is 0.507 e. The topological polar surface area (TPSA) is 89.5 Å². The van der Waals surface area contributed by atoms with Gasteiger partial charge in [-0.3, -0.25) is 10.6 Å². The number of phenols is 1. The number of halogens is 3. The molecule has 0 saturated heterocycles. The molecule has 0 saturated carbocycles. The fourth-order valence-corrected chi connectivity index (χ4v) is 1.60. The number of amidine groups is 1. The second-order valence-corrected chi connectivity index (χ2v) is 3.88. The van der Waals surface area contributed by atoms with Crippen LogP contribution >= 0.6 is 0 Å². The number of hydroxylamine groups is 1. The van der Waals surface area contributed by atoms with Crippen molar-refractivity contribution in [2.75, 3.05) is 0 Å². The van der Waals surface area contributed by atoms with Crippen molar-refractivity contribution in [3.8, 4) is 17.1 Å². The summed E-state index contributed by atoms with van der Waals surface area (Å²) in [5.41, 5.74) is 0.473. The molecular formula is C12H9F3N2O3. The van der Waals surface area contributed by atoms with Gasteiger partial charge >= 0.3 is 6.18 Å². The minimum atomic E-state index is -4.69. The Bertz CT molecular complexity index is 650. The summed E-state index contributed by atoms with van der Waals surface area (Å²) in [5, 5.41) is 25.0. The summed E-state index contributed by atoms with van der Waals surface area (Å²) in [4.78, 5) is 0. The van der Waals surface area contributed by atoms with Gasteiger partial charge in [-0.15, -0.1) is 0 Å². The standard InChI is InChI=1S/C12H9F3N2O3/c13-12(14,15)7-5-6(1-2-8(7)18)9-3-4-10(20-9)11(16)17-19/h1-5,18-19H,(H2,16,17). The van der Waals surface area contributed by atoms with Crippen LogP contribution in [-0.2, 0) is 6.18 Å². The van der Waals surface area contributed by atoms with Gasteiger partial charge in [-0.05, 0) is 30.3 Å². The molecule has 0 amide bonds. The fourth-order valence-electron chi connectivity index (χ4n) is 1.60. The molecule has 20 heavy (non-hydrogen) atoms. The molecule has 0 radical (unpaired) electrons. The van der Waals surface area contributed by atoms with Crippen molar-refractivity contribution in [3.05, 3.63) is 41.7 Å². The average molecular weight is 286 g/mol. The van der Waals surface area contributed by atoms with Crippen LogP contribution in [0.5, 0.6) is 5.75 Å². The predicted molar refractivity (Wildman–Crippen MR) is 62.6 cm³/mol. The quantitative estimate of drug-likeness (QED) is 0.388. The van der Waals surface area contributed by atoms with E-state index in [1.807, 2.05) is 0 Å². The van der Waals surface area contributed by atoms with Crippen LogP contribution in [-0.4, -0.2) is 16.1 Å². The minimum absolute atomic E-state index is 0.0378. The van der Waals surface area contributed by atoms with Crippen molar-refractivity contribution >= 4 is 5.84 Å². The summed E-state index contributed by atoms with van der Waals surface area (Å²) < 4.78 is 43.1. The number of furan rings is 1. The van der Waals surface area contributed by atoms with E-state index in [1.165, 1.54) is 18.2 Å². The van der Waals surface area contributed by atoms with Gasteiger partial charge in [0.1, 0.15) is 11.5 Å². The van der Waals surface area contributed by atoms with E-state index in [0.29, 0.717) is 0 Å². The third kappa shape index (κ3) is 2.59. The molecule has 0 spiro atoms. The molecule has 5 nitrogen and oxygen atoms in total. The molecule has 1 heterocycles. The molecule has 1 aromatic carbocycles. The Kier molecular flexibility index (Phi) is 3.41. The molecular weight excluding hydrogens is 277 g/mol. The number of hydrogen-bond acceptors (Lipinski definition) is 4. The molecule has 2 rings (SSSR count). The van der Waals surface area contributed by atoms with E-state index < -0.39 is 23.3 Å². The van der Waals surface area contributed by atoms with Gasteiger partial charge in [0.2, 0.25) is 0 Å². The van der Waals surface area contributed by atoms with E-state index in [2.05, 4.69) is 0 Å². The van der Waals surface area contributed by atoms with Crippen LogP contribution < -0.4 is 5.48 Å². The Morgan fingerprint density at radius 3 is 2.50 bits per heavy atom. The highest BCUT2D eigenvalue weighted by atomic mass is 19.4. The second kappa shape index (κ2) is 4.89. The van der Waals surface area contributed by atoms with Crippen molar-refractivity contribution in [2.24, 2.45) is 0 Å². The van der Waals surface area contributed by atoms with Crippen LogP contribution in [0, 0.1) is 5.41 Å². The molecule has 0 aliphatic carbocycles. The van der Waals surface area contributed by atoms with E-state index in [-0.39, 0.29) is 17.1 Å². The number of hydrogen-bond donors (Lipinski definition) is 4. The number of nitrogens with one attached hydrogen (secondary N) is 2. The maximum absolute atomic E-state index is 12.7. The van der Waals surface area contributed by atoms with Gasteiger partial charge in [0.15, 0.2) is 11.6 Å². The molecule has 2 aromatic rings. The maximum atomic E-state index is 12.7. The van der Waals surface area contributed by atoms with E-state index in [9.17, 15) is 18.3 Å². The lowest BCUT2D eigenvalue weighted by Crippen LogP contribution is -2.17. The highest BCUT2D eigenvalue weighted by molar-refractivity contribution is 5.93. The number of alkyl halides is 3. The lowest BCUT2D eigenvalue weighted by atomic mass is 10.1. The Morgan fingerprint density at radius 2 is 1.90 bits per heavy atom. The Labute approximate surface area is 110 Å². The van der Waals surface area contributed by atoms with Gasteiger partial charge in [0, 0.05) is 5.56 Å². The Balaban J connectivity index is 2.44. The molecule has 0 aliphatic heterocycles. The number of aromatic hydroxyl groups is 1. The van der Waals surface area contributed by atoms with E-state index in [1.54, 1.807) is 5.48 Å². The van der Waals surface area contributed by atoms with Crippen LogP contribution in [0.15, 0.2) is 34.7 Å². The monoisotopic (exact) mass is 286 g/mol. The molecule has 0 unspecified atom stereocenters. The zero-order valence-corrected chi connectivity index (χ0v) is 9.82. The van der Waals surface area contributed by atoms with E-state index in [4.69, 9.17) is 15.0 Å². The van der Waals surface area contributed by atoms with Crippen LogP contribution in [0.25, 0.3) is 11.3 Å². The van der Waals surface area contributed by atoms with Crippen molar-refractivity contribution in [2.45, 2.75) is 6.18 Å². The smallest absolute Gasteiger partial charge is 0.419 e. The molecule has 8 heteroatoms. The van der Waals surface area contributed by atoms with Crippen molar-refractivity contribution in [1.29, 1.82) is 5.41 Å². The minimum Gasteiger partial charge on any atom is -0.507 e. The lowest BCUT2D eigenvalue weighted by Gasteiger charge is -2.09. The molecule has 0 aliphatic rings. The first kappa shape index (κ1) is 13.9. The van der Waals surface area contributed by atoms with Crippen molar-refractivity contribution in [1.82, 2.24) is 5.48 Å². The van der Waals surface area contributed by atoms with E-state index in [0.717, 1.165) is 12.1 Å². The Hall–Kier alpha value is -2.48. The Morgan fingerprint density at radius 1 is 1.20 bits per heavy atom. The second-order valence-electron chi connectivity index (χ2n) is 3.88. The highest BCUT2D eigenvalue weighted by Gasteiger charge is 2.34. The summed E-state index contributed by atoms with van der Waals surface area (Å²) in [6.07, 6.45) is -4.69. The summed E-state index contributed by atoms with van der Waals surface area (Å²) >= 11 is 0. The first-order valence-corrected chi connectivity index (χ1v) is 5.32. The number of phenolic OH excluding ortho intramolecular Hbond substituents is 1. The third-order valence-electron chi connectivity index (χ3n) is 2.55. The van der Waals surface area contributed by atoms with Crippen LogP contribution in [0.2, 0.25) is 0 Å². The van der Waals surface area contributed by atoms with Crippen LogP contribution in [0.3, 0.4) is 0 Å². The highest BCUT2D eigenvalue weighted by Crippen LogP contribution is 2.38. The predicted octanol–water partition coefficient (Wildman–Crippen LogP) is 2.98. The van der Waals surface area contributed by atoms with Gasteiger partial charge in [0.25, 0.3) is 0 Å². The summed E-state index contributed by atoms with van der Waals surface area (Å²) in [6.45, 7) is 0. The third-order valence-corrected chi connectivity index (χ3v) is 2.55. The number of rotatable bonds is 2. The molecule has 1 aromatic heterocycles. The first-order chi connectivity index (χ1) is 9.32. The van der Waals surface area contributed by atoms with Crippen molar-refractivity contribution < 1.29 is 27.9 Å². The molecule has 0 bridgehead atoms. The van der Waals surface area contributed by atoms with E-state index >= 15 is 0 Å². The normalized spacial score (nSPS) is 11.4. The van der Waals surface area contributed by atoms with Crippen molar-refractivity contribution in [3.63, 3.8) is 0 Å². The number of benzene rings is 1. The zero-order valence-electron chi connectivity index (χ0n) is 9.82. The fraction of sp³-hybridized carbons (Fsp3) is 0.0833. The van der Waals surface area contributed by atoms with Crippen LogP contribution in [0.1, 0.15) is 11.3 Å². The molecule has 4 N–H and O–H groups in total. The molecule has 106 valence electrons. The van der Waals surface area contributed by atoms with Gasteiger partial charge in [-0.25, -0.2) is 5.48 Å². The zero-order chi connectivity index (χ0) is 14.9. The maximum Gasteiger partial charge on any atom is 0.419 e. The van der Waals surface area contributed by atoms with Gasteiger partial charge in [0.05, 0.1) is 5.56 Å². The summed E-state index contributed by atoms with van der Waals surface area (Å²) in [6, 6.07) is 5.59. The summed E-state index contributed by atoms with van der Waals surface area (Å²) in [5.74, 6) is -1.27. The SMILES string of the molecule is N=C(NO)c1ccc(-c2ccc(O)c(C(F)(F)F)c2)o1. The molecule has 0 fully saturated rings. The van der Waals surface area contributed by atoms with Crippen LogP contribution in [0.4, 0.5) is 13.2 Å². The molecule has 0 atom stereocenters. The summed E-state index contributed by atoms with van der Waals surface area (Å²) in [7, 11) is 0. The first-order valence-electron chi connectivity index (χ1n) is 5.32. The van der Waals surface area contributed by atoms with Gasteiger partial charge in [-0.1, -0.05) is 0 Å². The average Bonchev–Trinajstić information content (AvgIpc) is 2.86. The van der Waals surface area contributed by atoms with Gasteiger partial charge < -0.3 is 9.52 Å². The van der Waals surface area contributed by atoms with Gasteiger partial charge in [-0.2, -0.15) is 13.2 Å². The lowest BCUT2D eigenvalue weighted by molar-refractivity contribution is -0.138.